The lowest BCUT2D eigenvalue weighted by Crippen LogP contribution is -2.13. The second-order valence-electron chi connectivity index (χ2n) is 7.92. The van der Waals surface area contributed by atoms with Gasteiger partial charge in [0.05, 0.1) is 17.9 Å². The van der Waals surface area contributed by atoms with Crippen LogP contribution in [0, 0.1) is 13.8 Å². The number of sulfonamides is 1. The van der Waals surface area contributed by atoms with Gasteiger partial charge in [-0.25, -0.2) is 13.2 Å². The van der Waals surface area contributed by atoms with Gasteiger partial charge in [0.2, 0.25) is 0 Å². The van der Waals surface area contributed by atoms with Crippen molar-refractivity contribution in [2.24, 2.45) is 0 Å². The summed E-state index contributed by atoms with van der Waals surface area (Å²) in [4.78, 5) is 10.9. The van der Waals surface area contributed by atoms with Crippen molar-refractivity contribution in [2.45, 2.75) is 18.7 Å². The van der Waals surface area contributed by atoms with Crippen LogP contribution in [0.3, 0.4) is 0 Å². The van der Waals surface area contributed by atoms with Crippen LogP contribution >= 0.6 is 148 Å². The number of halogens is 6. The topological polar surface area (TPSA) is 109 Å². The highest BCUT2D eigenvalue weighted by molar-refractivity contribution is 14.3. The van der Waals surface area contributed by atoms with E-state index in [4.69, 9.17) is 10.8 Å². The van der Waals surface area contributed by atoms with Crippen molar-refractivity contribution in [2.75, 3.05) is 12.9 Å². The molecule has 0 aliphatic rings. The van der Waals surface area contributed by atoms with E-state index in [-0.39, 0.29) is 22.9 Å². The van der Waals surface area contributed by atoms with E-state index in [0.29, 0.717) is 5.00 Å². The average molecular weight is 1210 g/mol. The van der Waals surface area contributed by atoms with Crippen molar-refractivity contribution >= 4 is 194 Å². The van der Waals surface area contributed by atoms with Gasteiger partial charge in [-0.05, 0) is 72.1 Å². The molecule has 0 radical (unpaired) electrons. The number of aryl methyl sites for hydroxylation is 2. The van der Waals surface area contributed by atoms with Gasteiger partial charge in [0, 0.05) is 9.40 Å². The zero-order valence-electron chi connectivity index (χ0n) is 22.0. The summed E-state index contributed by atoms with van der Waals surface area (Å²) in [7, 11) is -3.76. The Bertz CT molecular complexity index is 1690. The number of rotatable bonds is 4. The monoisotopic (exact) mass is 1210 g/mol. The predicted molar refractivity (Wildman–Crippen MR) is 228 cm³/mol. The molecule has 0 saturated carbocycles. The summed E-state index contributed by atoms with van der Waals surface area (Å²) in [5.41, 5.74) is 7.90. The molecule has 15 heteroatoms. The van der Waals surface area contributed by atoms with Crippen molar-refractivity contribution in [1.29, 1.82) is 0 Å². The molecular formula is C27H26ClI5N2O4S3. The molecule has 0 spiro atoms. The molecule has 3 aromatic carbocycles. The third-order valence-corrected chi connectivity index (χ3v) is 9.15. The molecule has 0 saturated heterocycles. The summed E-state index contributed by atoms with van der Waals surface area (Å²) in [5.74, 6) is -1.10. The van der Waals surface area contributed by atoms with E-state index in [2.05, 4.69) is 137 Å². The highest BCUT2D eigenvalue weighted by Crippen LogP contribution is 2.36. The molecule has 0 amide bonds. The Kier molecular flexibility index (Phi) is 19.2. The highest BCUT2D eigenvalue weighted by atomic mass is 127. The molecule has 2 heterocycles. The number of alkyl halides is 5. The zero-order valence-corrected chi connectivity index (χ0v) is 36.0. The molecule has 228 valence electrons. The molecule has 42 heavy (non-hydrogen) atoms. The Balaban J connectivity index is 0.000000385. The maximum Gasteiger partial charge on any atom is 0.335 e. The van der Waals surface area contributed by atoms with Gasteiger partial charge in [-0.2, -0.15) is 0 Å². The molecule has 0 atom stereocenters. The number of carboxylic acids is 1. The van der Waals surface area contributed by atoms with Crippen molar-refractivity contribution in [3.8, 4) is 0 Å². The number of aromatic carboxylic acids is 1. The lowest BCUT2D eigenvalue weighted by Gasteiger charge is -2.07. The van der Waals surface area contributed by atoms with Gasteiger partial charge < -0.3 is 10.8 Å². The molecule has 5 rings (SSSR count). The second kappa shape index (κ2) is 19.9. The zero-order chi connectivity index (χ0) is 30.7. The fourth-order valence-corrected chi connectivity index (χ4v) is 6.87. The third-order valence-electron chi connectivity index (χ3n) is 5.36. The first-order chi connectivity index (χ1) is 19.3. The van der Waals surface area contributed by atoms with Crippen LogP contribution in [0.5, 0.6) is 0 Å². The second-order valence-corrected chi connectivity index (χ2v) is 27.1. The smallest absolute Gasteiger partial charge is 0.335 e. The standard InChI is InChI=1S/C16H13NO4S2.C9H9NS.CHI3.CH2I2.ClH/c1-10-13-4-2-3-5-14(13)22-15(10)17-23(20,21)12-8-6-11(7-9-12)16(18)19;1-6-7-4-2-3-5-8(7)11-9(6)10;2-1(3)4;2-1-3;/h2-9,17H,1H3,(H,18,19);2-5H,10H2,1H3;1H;1H2;1H. The van der Waals surface area contributed by atoms with E-state index in [1.54, 1.807) is 11.3 Å². The van der Waals surface area contributed by atoms with Crippen LogP contribution in [0.25, 0.3) is 20.2 Å². The number of carbonyl (C=O) groups is 1. The number of benzene rings is 3. The van der Waals surface area contributed by atoms with Crippen LogP contribution in [0.4, 0.5) is 10.0 Å². The molecule has 0 bridgehead atoms. The molecule has 0 fully saturated rings. The minimum absolute atomic E-state index is 0. The summed E-state index contributed by atoms with van der Waals surface area (Å²) in [5, 5.41) is 12.7. The summed E-state index contributed by atoms with van der Waals surface area (Å²) >= 11 is 14.5. The van der Waals surface area contributed by atoms with Gasteiger partial charge in [0.15, 0.2) is 0 Å². The number of anilines is 2. The highest BCUT2D eigenvalue weighted by Gasteiger charge is 2.18. The Labute approximate surface area is 328 Å². The van der Waals surface area contributed by atoms with Crippen LogP contribution < -0.4 is 10.5 Å². The number of nitrogen functional groups attached to an aromatic ring is 1. The van der Waals surface area contributed by atoms with E-state index in [1.807, 2.05) is 43.3 Å². The van der Waals surface area contributed by atoms with Gasteiger partial charge in [-0.15, -0.1) is 35.1 Å². The molecule has 0 aliphatic heterocycles. The minimum Gasteiger partial charge on any atom is -0.478 e. The van der Waals surface area contributed by atoms with Gasteiger partial charge >= 0.3 is 5.97 Å². The molecule has 6 nitrogen and oxygen atoms in total. The number of hydrogen-bond acceptors (Lipinski definition) is 6. The fraction of sp³-hybridized carbons (Fsp3) is 0.148. The number of thiophene rings is 2. The van der Waals surface area contributed by atoms with Gasteiger partial charge in [-0.1, -0.05) is 149 Å². The Hall–Kier alpha value is 0.540. The number of nitrogens with one attached hydrogen (secondary N) is 1. The van der Waals surface area contributed by atoms with Gasteiger partial charge in [0.25, 0.3) is 10.0 Å². The molecule has 2 aromatic heterocycles. The fourth-order valence-electron chi connectivity index (χ4n) is 3.42. The van der Waals surface area contributed by atoms with E-state index in [1.165, 1.54) is 53.7 Å². The van der Waals surface area contributed by atoms with E-state index < -0.39 is 16.0 Å². The Morgan fingerprint density at radius 2 is 1.29 bits per heavy atom. The summed E-state index contributed by atoms with van der Waals surface area (Å²) in [6, 6.07) is 21.1. The normalized spacial score (nSPS) is 10.4. The first kappa shape index (κ1) is 40.6. The SMILES string of the molecule is Cc1c(N)sc2ccccc12.Cc1c(NS(=O)(=O)c2ccc(C(=O)O)cc2)sc2ccccc12.Cl.IC(I)I.ICI. The Morgan fingerprint density at radius 3 is 1.71 bits per heavy atom. The average Bonchev–Trinajstić information content (AvgIpc) is 3.39. The van der Waals surface area contributed by atoms with Crippen LogP contribution in [0.2, 0.25) is 0 Å². The molecule has 0 aliphatic carbocycles. The third kappa shape index (κ3) is 12.4. The van der Waals surface area contributed by atoms with E-state index in [0.717, 1.165) is 20.6 Å². The Morgan fingerprint density at radius 1 is 0.857 bits per heavy atom. The molecule has 0 unspecified atom stereocenters. The number of fused-ring (bicyclic) bond motifs is 2. The van der Waals surface area contributed by atoms with Crippen LogP contribution in [0.15, 0.2) is 77.7 Å². The quantitative estimate of drug-likeness (QED) is 0.123. The number of carboxylic acid groups (broad SMARTS) is 1. The van der Waals surface area contributed by atoms with Crippen molar-refractivity contribution in [3.05, 3.63) is 89.5 Å². The number of hydrogen-bond donors (Lipinski definition) is 3. The van der Waals surface area contributed by atoms with Crippen LogP contribution in [-0.4, -0.2) is 21.9 Å². The van der Waals surface area contributed by atoms with Gasteiger partial charge in [-0.3, -0.25) is 4.72 Å². The van der Waals surface area contributed by atoms with Crippen molar-refractivity contribution < 1.29 is 18.3 Å². The largest absolute Gasteiger partial charge is 0.478 e. The summed E-state index contributed by atoms with van der Waals surface area (Å²) < 4.78 is 31.7. The molecule has 4 N–H and O–H groups in total. The summed E-state index contributed by atoms with van der Waals surface area (Å²) in [6.45, 7) is 3.93. The summed E-state index contributed by atoms with van der Waals surface area (Å²) in [6.07, 6.45) is 0. The van der Waals surface area contributed by atoms with Crippen LogP contribution in [0.1, 0.15) is 21.5 Å². The van der Waals surface area contributed by atoms with E-state index in [9.17, 15) is 13.2 Å². The first-order valence-corrected chi connectivity index (χ1v) is 21.3. The van der Waals surface area contributed by atoms with Crippen molar-refractivity contribution in [1.82, 2.24) is 0 Å². The van der Waals surface area contributed by atoms with E-state index >= 15 is 0 Å². The number of nitrogens with two attached hydrogens (primary N) is 1. The van der Waals surface area contributed by atoms with Gasteiger partial charge in [0.1, 0.15) is 4.94 Å². The van der Waals surface area contributed by atoms with Crippen molar-refractivity contribution in [3.63, 3.8) is 0 Å². The molecule has 5 aromatic rings. The lowest BCUT2D eigenvalue weighted by molar-refractivity contribution is 0.0696. The maximum absolute atomic E-state index is 12.5. The maximum atomic E-state index is 12.5. The molecular weight excluding hydrogens is 1180 g/mol. The minimum atomic E-state index is -3.76. The lowest BCUT2D eigenvalue weighted by atomic mass is 10.2. The van der Waals surface area contributed by atoms with Crippen LogP contribution in [-0.2, 0) is 10.0 Å². The predicted octanol–water partition coefficient (Wildman–Crippen LogP) is 11.3. The first-order valence-electron chi connectivity index (χ1n) is 11.4.